The summed E-state index contributed by atoms with van der Waals surface area (Å²) in [6.45, 7) is 3.73. The SMILES string of the molecule is CCC(C)O.[Na]. The van der Waals surface area contributed by atoms with Crippen LogP contribution in [0.2, 0.25) is 0 Å². The van der Waals surface area contributed by atoms with Gasteiger partial charge in [0, 0.05) is 29.6 Å². The van der Waals surface area contributed by atoms with Crippen LogP contribution in [-0.4, -0.2) is 40.8 Å². The molecule has 0 aromatic carbocycles. The molecule has 0 aliphatic rings. The average Bonchev–Trinajstić information content (AvgIpc) is 1.38. The number of aliphatic hydroxyl groups excluding tert-OH is 1. The van der Waals surface area contributed by atoms with Crippen molar-refractivity contribution in [2.45, 2.75) is 26.4 Å². The fourth-order valence-corrected chi connectivity index (χ4v) is 0. The molecule has 0 aromatic rings. The maximum atomic E-state index is 8.36. The van der Waals surface area contributed by atoms with Crippen LogP contribution in [0, 0.1) is 0 Å². The second-order valence-electron chi connectivity index (χ2n) is 1.26. The molecule has 0 bridgehead atoms. The van der Waals surface area contributed by atoms with Crippen LogP contribution >= 0.6 is 0 Å². The van der Waals surface area contributed by atoms with Gasteiger partial charge in [0.2, 0.25) is 0 Å². The molecule has 0 aromatic heterocycles. The van der Waals surface area contributed by atoms with Gasteiger partial charge >= 0.3 is 0 Å². The van der Waals surface area contributed by atoms with Gasteiger partial charge < -0.3 is 5.11 Å². The number of aliphatic hydroxyl groups is 1. The normalized spacial score (nSPS) is 12.5. The first-order chi connectivity index (χ1) is 2.27. The largest absolute Gasteiger partial charge is 0.393 e. The number of rotatable bonds is 1. The summed E-state index contributed by atoms with van der Waals surface area (Å²) in [4.78, 5) is 0. The molecule has 1 atom stereocenters. The molecule has 0 saturated heterocycles. The number of hydrogen-bond donors (Lipinski definition) is 1. The first kappa shape index (κ1) is 10.0. The monoisotopic (exact) mass is 97.1 g/mol. The Hall–Kier alpha value is 0.960. The molecule has 0 amide bonds. The molecule has 6 heavy (non-hydrogen) atoms. The topological polar surface area (TPSA) is 20.2 Å². The average molecular weight is 97.1 g/mol. The molecule has 0 heterocycles. The van der Waals surface area contributed by atoms with Gasteiger partial charge in [0.1, 0.15) is 0 Å². The van der Waals surface area contributed by atoms with Crippen molar-refractivity contribution in [2.75, 3.05) is 0 Å². The minimum atomic E-state index is -0.116. The third-order valence-electron chi connectivity index (χ3n) is 0.591. The predicted molar refractivity (Wildman–Crippen MR) is 27.7 cm³/mol. The Kier molecular flexibility index (Phi) is 9.98. The van der Waals surface area contributed by atoms with E-state index in [1.807, 2.05) is 6.92 Å². The van der Waals surface area contributed by atoms with Gasteiger partial charge in [-0.15, -0.1) is 0 Å². The summed E-state index contributed by atoms with van der Waals surface area (Å²) in [6.07, 6.45) is 0.745. The molecule has 1 radical (unpaired) electrons. The fraction of sp³-hybridized carbons (Fsp3) is 1.00. The molecular weight excluding hydrogens is 87.0 g/mol. The second kappa shape index (κ2) is 5.96. The zero-order chi connectivity index (χ0) is 4.28. The van der Waals surface area contributed by atoms with E-state index in [1.54, 1.807) is 6.92 Å². The standard InChI is InChI=1S/C4H10O.Na/c1-3-4(2)5;/h4-5H,3H2,1-2H3;. The van der Waals surface area contributed by atoms with Crippen molar-refractivity contribution in [2.24, 2.45) is 0 Å². The Morgan fingerprint density at radius 1 is 1.67 bits per heavy atom. The molecular formula is C4H10NaO. The summed E-state index contributed by atoms with van der Waals surface area (Å²) in [7, 11) is 0. The van der Waals surface area contributed by atoms with E-state index in [9.17, 15) is 0 Å². The molecule has 2 heteroatoms. The maximum Gasteiger partial charge on any atom is 0.0509 e. The molecule has 1 nitrogen and oxygen atoms in total. The van der Waals surface area contributed by atoms with E-state index >= 15 is 0 Å². The molecule has 0 fully saturated rings. The molecule has 0 saturated carbocycles. The Balaban J connectivity index is 0. The Morgan fingerprint density at radius 3 is 1.83 bits per heavy atom. The van der Waals surface area contributed by atoms with Crippen LogP contribution < -0.4 is 0 Å². The number of hydrogen-bond acceptors (Lipinski definition) is 1. The van der Waals surface area contributed by atoms with E-state index in [0.29, 0.717) is 0 Å². The van der Waals surface area contributed by atoms with Crippen LogP contribution in [0.15, 0.2) is 0 Å². The van der Waals surface area contributed by atoms with E-state index in [-0.39, 0.29) is 35.7 Å². The molecule has 0 aliphatic heterocycles. The van der Waals surface area contributed by atoms with Crippen molar-refractivity contribution in [3.63, 3.8) is 0 Å². The third kappa shape index (κ3) is 8.88. The van der Waals surface area contributed by atoms with Gasteiger partial charge in [-0.3, -0.25) is 0 Å². The van der Waals surface area contributed by atoms with Crippen LogP contribution in [0.3, 0.4) is 0 Å². The Morgan fingerprint density at radius 2 is 1.83 bits per heavy atom. The van der Waals surface area contributed by atoms with Gasteiger partial charge in [0.05, 0.1) is 6.10 Å². The van der Waals surface area contributed by atoms with E-state index in [4.69, 9.17) is 5.11 Å². The van der Waals surface area contributed by atoms with E-state index in [0.717, 1.165) is 6.42 Å². The van der Waals surface area contributed by atoms with Gasteiger partial charge in [-0.05, 0) is 13.3 Å². The molecule has 1 unspecified atom stereocenters. The fourth-order valence-electron chi connectivity index (χ4n) is 0. The summed E-state index contributed by atoms with van der Waals surface area (Å²) < 4.78 is 0. The van der Waals surface area contributed by atoms with Gasteiger partial charge in [-0.2, -0.15) is 0 Å². The molecule has 1 N–H and O–H groups in total. The quantitative estimate of drug-likeness (QED) is 0.469. The van der Waals surface area contributed by atoms with Crippen LogP contribution in [0.1, 0.15) is 20.3 Å². The van der Waals surface area contributed by atoms with Crippen LogP contribution in [0.5, 0.6) is 0 Å². The van der Waals surface area contributed by atoms with Crippen molar-refractivity contribution < 1.29 is 5.11 Å². The first-order valence-corrected chi connectivity index (χ1v) is 1.95. The second-order valence-corrected chi connectivity index (χ2v) is 1.26. The summed E-state index contributed by atoms with van der Waals surface area (Å²) in [5.41, 5.74) is 0. The first-order valence-electron chi connectivity index (χ1n) is 1.95. The molecule has 0 spiro atoms. The van der Waals surface area contributed by atoms with Crippen molar-refractivity contribution in [1.29, 1.82) is 0 Å². The van der Waals surface area contributed by atoms with Gasteiger partial charge in [0.25, 0.3) is 0 Å². The Bertz CT molecular complexity index is 21.5. The van der Waals surface area contributed by atoms with Crippen LogP contribution in [0.25, 0.3) is 0 Å². The van der Waals surface area contributed by atoms with Gasteiger partial charge in [-0.1, -0.05) is 6.92 Å². The van der Waals surface area contributed by atoms with E-state index in [1.165, 1.54) is 0 Å². The molecule has 0 rings (SSSR count). The van der Waals surface area contributed by atoms with Crippen molar-refractivity contribution in [1.82, 2.24) is 0 Å². The minimum Gasteiger partial charge on any atom is -0.393 e. The van der Waals surface area contributed by atoms with Crippen molar-refractivity contribution in [3.8, 4) is 0 Å². The zero-order valence-corrected chi connectivity index (χ0v) is 6.73. The molecule has 33 valence electrons. The van der Waals surface area contributed by atoms with Crippen molar-refractivity contribution >= 4 is 29.6 Å². The van der Waals surface area contributed by atoms with Crippen LogP contribution in [-0.2, 0) is 0 Å². The van der Waals surface area contributed by atoms with Crippen molar-refractivity contribution in [3.05, 3.63) is 0 Å². The van der Waals surface area contributed by atoms with Crippen LogP contribution in [0.4, 0.5) is 0 Å². The summed E-state index contributed by atoms with van der Waals surface area (Å²) in [6, 6.07) is 0. The Labute approximate surface area is 61.0 Å². The minimum absolute atomic E-state index is 0. The summed E-state index contributed by atoms with van der Waals surface area (Å²) in [5, 5.41) is 8.36. The zero-order valence-electron chi connectivity index (χ0n) is 4.73. The van der Waals surface area contributed by atoms with Gasteiger partial charge in [0.15, 0.2) is 0 Å². The van der Waals surface area contributed by atoms with Gasteiger partial charge in [-0.25, -0.2) is 0 Å². The summed E-state index contributed by atoms with van der Waals surface area (Å²) >= 11 is 0. The van der Waals surface area contributed by atoms with E-state index in [2.05, 4.69) is 0 Å². The molecule has 0 aliphatic carbocycles. The van der Waals surface area contributed by atoms with E-state index < -0.39 is 0 Å². The maximum absolute atomic E-state index is 8.36. The summed E-state index contributed by atoms with van der Waals surface area (Å²) in [5.74, 6) is 0. The smallest absolute Gasteiger partial charge is 0.0509 e. The third-order valence-corrected chi connectivity index (χ3v) is 0.591. The predicted octanol–water partition coefficient (Wildman–Crippen LogP) is 0.396.